The number of likely N-dealkylation sites (tertiary alicyclic amines) is 1. The molecule has 1 aliphatic heterocycles. The van der Waals surface area contributed by atoms with E-state index in [2.05, 4.69) is 51.6 Å². The molecule has 2 aromatic rings. The summed E-state index contributed by atoms with van der Waals surface area (Å²) in [5.41, 5.74) is 2.26. The van der Waals surface area contributed by atoms with Crippen LogP contribution in [0.1, 0.15) is 24.8 Å². The molecule has 6 heteroatoms. The zero-order valence-corrected chi connectivity index (χ0v) is 13.2. The molecule has 21 heavy (non-hydrogen) atoms. The maximum atomic E-state index is 4.14. The van der Waals surface area contributed by atoms with Gasteiger partial charge in [0.15, 0.2) is 0 Å². The van der Waals surface area contributed by atoms with Crippen molar-refractivity contribution >= 4 is 11.8 Å². The van der Waals surface area contributed by atoms with Gasteiger partial charge in [-0.3, -0.25) is 0 Å². The van der Waals surface area contributed by atoms with Gasteiger partial charge < -0.3 is 4.90 Å². The van der Waals surface area contributed by atoms with E-state index in [1.54, 1.807) is 11.8 Å². The molecule has 2 heterocycles. The van der Waals surface area contributed by atoms with Crippen LogP contribution in [0, 0.1) is 6.92 Å². The first-order valence-electron chi connectivity index (χ1n) is 7.53. The zero-order chi connectivity index (χ0) is 14.5. The van der Waals surface area contributed by atoms with Crippen LogP contribution in [-0.2, 0) is 0 Å². The minimum absolute atomic E-state index is 0.871. The number of nitrogens with zero attached hydrogens (tertiary/aromatic N) is 5. The predicted molar refractivity (Wildman–Crippen MR) is 84.9 cm³/mol. The molecule has 1 aromatic heterocycles. The van der Waals surface area contributed by atoms with E-state index in [-0.39, 0.29) is 0 Å². The van der Waals surface area contributed by atoms with Crippen LogP contribution < -0.4 is 0 Å². The Hall–Kier alpha value is -1.40. The summed E-state index contributed by atoms with van der Waals surface area (Å²) in [6, 6.07) is 8.28. The SMILES string of the molecule is Cc1ccc(-n2nnnc2SCCN2CCCCC2)cc1. The zero-order valence-electron chi connectivity index (χ0n) is 12.4. The van der Waals surface area contributed by atoms with Crippen LogP contribution >= 0.6 is 11.8 Å². The third-order valence-electron chi connectivity index (χ3n) is 3.81. The maximum absolute atomic E-state index is 4.14. The first kappa shape index (κ1) is 14.5. The first-order chi connectivity index (χ1) is 10.3. The van der Waals surface area contributed by atoms with E-state index < -0.39 is 0 Å². The van der Waals surface area contributed by atoms with Crippen LogP contribution in [0.4, 0.5) is 0 Å². The minimum Gasteiger partial charge on any atom is -0.303 e. The highest BCUT2D eigenvalue weighted by Crippen LogP contribution is 2.19. The standard InChI is InChI=1S/C15H21N5S/c1-13-5-7-14(8-6-13)20-15(16-17-18-20)21-12-11-19-9-3-2-4-10-19/h5-8H,2-4,9-12H2,1H3. The van der Waals surface area contributed by atoms with Gasteiger partial charge in [0, 0.05) is 12.3 Å². The van der Waals surface area contributed by atoms with Gasteiger partial charge in [-0.15, -0.1) is 5.10 Å². The monoisotopic (exact) mass is 303 g/mol. The first-order valence-corrected chi connectivity index (χ1v) is 8.52. The van der Waals surface area contributed by atoms with Gasteiger partial charge in [-0.25, -0.2) is 0 Å². The second-order valence-corrected chi connectivity index (χ2v) is 6.52. The molecule has 0 amide bonds. The number of tetrazole rings is 1. The summed E-state index contributed by atoms with van der Waals surface area (Å²) >= 11 is 1.73. The van der Waals surface area contributed by atoms with Crippen LogP contribution in [0.5, 0.6) is 0 Å². The second kappa shape index (κ2) is 7.04. The number of piperidine rings is 1. The summed E-state index contributed by atoms with van der Waals surface area (Å²) in [4.78, 5) is 2.54. The second-order valence-electron chi connectivity index (χ2n) is 5.46. The van der Waals surface area contributed by atoms with Gasteiger partial charge >= 0.3 is 0 Å². The molecule has 0 saturated carbocycles. The summed E-state index contributed by atoms with van der Waals surface area (Å²) in [6.45, 7) is 5.68. The Morgan fingerprint density at radius 3 is 2.62 bits per heavy atom. The van der Waals surface area contributed by atoms with Crippen molar-refractivity contribution in [2.75, 3.05) is 25.4 Å². The number of hydrogen-bond donors (Lipinski definition) is 0. The lowest BCUT2D eigenvalue weighted by Crippen LogP contribution is -2.31. The Labute approximate surface area is 129 Å². The highest BCUT2D eigenvalue weighted by atomic mass is 32.2. The van der Waals surface area contributed by atoms with Crippen LogP contribution in [-0.4, -0.2) is 50.5 Å². The number of benzene rings is 1. The largest absolute Gasteiger partial charge is 0.303 e. The lowest BCUT2D eigenvalue weighted by molar-refractivity contribution is 0.242. The van der Waals surface area contributed by atoms with Gasteiger partial charge in [0.05, 0.1) is 5.69 Å². The molecular weight excluding hydrogens is 282 g/mol. The number of thioether (sulfide) groups is 1. The highest BCUT2D eigenvalue weighted by molar-refractivity contribution is 7.99. The number of hydrogen-bond acceptors (Lipinski definition) is 5. The predicted octanol–water partition coefficient (Wildman–Crippen LogP) is 2.55. The number of aromatic nitrogens is 4. The summed E-state index contributed by atoms with van der Waals surface area (Å²) in [6.07, 6.45) is 4.06. The normalized spacial score (nSPS) is 16.2. The number of rotatable bonds is 5. The molecule has 1 fully saturated rings. The maximum Gasteiger partial charge on any atom is 0.214 e. The molecule has 1 aliphatic rings. The van der Waals surface area contributed by atoms with Gasteiger partial charge in [0.25, 0.3) is 0 Å². The molecule has 0 N–H and O–H groups in total. The lowest BCUT2D eigenvalue weighted by atomic mass is 10.1. The Morgan fingerprint density at radius 2 is 1.86 bits per heavy atom. The van der Waals surface area contributed by atoms with Crippen molar-refractivity contribution in [2.24, 2.45) is 0 Å². The van der Waals surface area contributed by atoms with Crippen molar-refractivity contribution in [3.05, 3.63) is 29.8 Å². The molecule has 112 valence electrons. The van der Waals surface area contributed by atoms with Gasteiger partial charge in [0.1, 0.15) is 0 Å². The third kappa shape index (κ3) is 3.83. The molecule has 5 nitrogen and oxygen atoms in total. The Balaban J connectivity index is 1.59. The van der Waals surface area contributed by atoms with Crippen molar-refractivity contribution in [3.63, 3.8) is 0 Å². The molecule has 1 saturated heterocycles. The topological polar surface area (TPSA) is 46.8 Å². The summed E-state index contributed by atoms with van der Waals surface area (Å²) in [5.74, 6) is 1.03. The molecule has 0 bridgehead atoms. The van der Waals surface area contributed by atoms with E-state index in [0.29, 0.717) is 0 Å². The molecule has 1 aromatic carbocycles. The van der Waals surface area contributed by atoms with Crippen molar-refractivity contribution in [3.8, 4) is 5.69 Å². The van der Waals surface area contributed by atoms with E-state index in [1.165, 1.54) is 37.9 Å². The Morgan fingerprint density at radius 1 is 1.10 bits per heavy atom. The Bertz CT molecular complexity index is 560. The van der Waals surface area contributed by atoms with Crippen molar-refractivity contribution in [1.29, 1.82) is 0 Å². The molecule has 0 unspecified atom stereocenters. The molecule has 0 atom stereocenters. The van der Waals surface area contributed by atoms with Gasteiger partial charge in [-0.2, -0.15) is 4.68 Å². The fourth-order valence-corrected chi connectivity index (χ4v) is 3.46. The number of aryl methyl sites for hydroxylation is 1. The van der Waals surface area contributed by atoms with Crippen LogP contribution in [0.25, 0.3) is 5.69 Å². The van der Waals surface area contributed by atoms with Crippen LogP contribution in [0.15, 0.2) is 29.4 Å². The quantitative estimate of drug-likeness (QED) is 0.794. The van der Waals surface area contributed by atoms with Crippen molar-refractivity contribution < 1.29 is 0 Å². The fourth-order valence-electron chi connectivity index (χ4n) is 2.57. The summed E-state index contributed by atoms with van der Waals surface area (Å²) < 4.78 is 1.82. The lowest BCUT2D eigenvalue weighted by Gasteiger charge is -2.25. The Kier molecular flexibility index (Phi) is 4.87. The molecule has 3 rings (SSSR count). The van der Waals surface area contributed by atoms with Gasteiger partial charge in [-0.1, -0.05) is 35.9 Å². The van der Waals surface area contributed by atoms with E-state index in [1.807, 2.05) is 4.68 Å². The van der Waals surface area contributed by atoms with E-state index in [9.17, 15) is 0 Å². The van der Waals surface area contributed by atoms with E-state index in [4.69, 9.17) is 0 Å². The van der Waals surface area contributed by atoms with Crippen molar-refractivity contribution in [2.45, 2.75) is 31.3 Å². The molecular formula is C15H21N5S. The molecule has 0 aliphatic carbocycles. The smallest absolute Gasteiger partial charge is 0.214 e. The van der Waals surface area contributed by atoms with Crippen molar-refractivity contribution in [1.82, 2.24) is 25.1 Å². The minimum atomic E-state index is 0.871. The van der Waals surface area contributed by atoms with Gasteiger partial charge in [-0.05, 0) is 55.4 Å². The average Bonchev–Trinajstić information content (AvgIpc) is 2.98. The highest BCUT2D eigenvalue weighted by Gasteiger charge is 2.12. The third-order valence-corrected chi connectivity index (χ3v) is 4.71. The van der Waals surface area contributed by atoms with E-state index in [0.717, 1.165) is 23.1 Å². The molecule has 0 radical (unpaired) electrons. The van der Waals surface area contributed by atoms with E-state index >= 15 is 0 Å². The molecule has 0 spiro atoms. The summed E-state index contributed by atoms with van der Waals surface area (Å²) in [7, 11) is 0. The average molecular weight is 303 g/mol. The van der Waals surface area contributed by atoms with Crippen LogP contribution in [0.3, 0.4) is 0 Å². The van der Waals surface area contributed by atoms with Gasteiger partial charge in [0.2, 0.25) is 5.16 Å². The summed E-state index contributed by atoms with van der Waals surface area (Å²) in [5, 5.41) is 12.9. The fraction of sp³-hybridized carbons (Fsp3) is 0.533. The van der Waals surface area contributed by atoms with Crippen LogP contribution in [0.2, 0.25) is 0 Å².